The van der Waals surface area contributed by atoms with Crippen molar-refractivity contribution in [2.24, 2.45) is 0 Å². The maximum absolute atomic E-state index is 12.3. The van der Waals surface area contributed by atoms with Gasteiger partial charge in [-0.15, -0.1) is 0 Å². The highest BCUT2D eigenvalue weighted by Crippen LogP contribution is 2.20. The lowest BCUT2D eigenvalue weighted by Gasteiger charge is -2.16. The van der Waals surface area contributed by atoms with E-state index in [9.17, 15) is 4.79 Å². The van der Waals surface area contributed by atoms with Crippen LogP contribution in [-0.4, -0.2) is 23.0 Å². The first-order chi connectivity index (χ1) is 8.97. The van der Waals surface area contributed by atoms with Crippen LogP contribution >= 0.6 is 34.2 Å². The Hall–Kier alpha value is -1.08. The maximum Gasteiger partial charge on any atom is 0.255 e. The number of carbonyl (C=O) groups excluding carboxylic acids is 1. The molecule has 1 heterocycles. The minimum absolute atomic E-state index is 0.0902. The summed E-state index contributed by atoms with van der Waals surface area (Å²) in [6.45, 7) is 2.22. The number of rotatable bonds is 3. The summed E-state index contributed by atoms with van der Waals surface area (Å²) in [5.41, 5.74) is 1.32. The van der Waals surface area contributed by atoms with Crippen molar-refractivity contribution in [1.82, 2.24) is 10.1 Å². The zero-order valence-electron chi connectivity index (χ0n) is 10.5. The second kappa shape index (κ2) is 5.92. The molecule has 19 heavy (non-hydrogen) atoms. The van der Waals surface area contributed by atoms with Crippen molar-refractivity contribution in [2.45, 2.75) is 13.5 Å². The molecule has 0 atom stereocenters. The summed E-state index contributed by atoms with van der Waals surface area (Å²) >= 11 is 8.05. The molecule has 0 radical (unpaired) electrons. The van der Waals surface area contributed by atoms with Gasteiger partial charge in [-0.2, -0.15) is 0 Å². The van der Waals surface area contributed by atoms with E-state index in [1.807, 2.05) is 19.1 Å². The predicted molar refractivity (Wildman–Crippen MR) is 81.2 cm³/mol. The molecule has 2 aromatic rings. The first-order valence-electron chi connectivity index (χ1n) is 5.60. The van der Waals surface area contributed by atoms with Gasteiger partial charge >= 0.3 is 0 Å². The van der Waals surface area contributed by atoms with E-state index in [2.05, 4.69) is 27.7 Å². The van der Waals surface area contributed by atoms with Crippen molar-refractivity contribution in [3.63, 3.8) is 0 Å². The quantitative estimate of drug-likeness (QED) is 0.754. The van der Waals surface area contributed by atoms with E-state index in [0.717, 1.165) is 15.0 Å². The first kappa shape index (κ1) is 14.3. The monoisotopic (exact) mass is 390 g/mol. The van der Waals surface area contributed by atoms with Crippen molar-refractivity contribution in [2.75, 3.05) is 7.05 Å². The van der Waals surface area contributed by atoms with Gasteiger partial charge in [0.05, 0.1) is 12.1 Å². The molecule has 1 amide bonds. The van der Waals surface area contributed by atoms with Crippen LogP contribution < -0.4 is 0 Å². The van der Waals surface area contributed by atoms with Gasteiger partial charge in [0.15, 0.2) is 0 Å². The van der Waals surface area contributed by atoms with Crippen LogP contribution in [0, 0.1) is 10.5 Å². The lowest BCUT2D eigenvalue weighted by molar-refractivity contribution is 0.0781. The minimum atomic E-state index is -0.0902. The molecule has 6 heteroatoms. The lowest BCUT2D eigenvalue weighted by atomic mass is 10.2. The lowest BCUT2D eigenvalue weighted by Crippen LogP contribution is -2.27. The molecule has 4 nitrogen and oxygen atoms in total. The molecule has 0 N–H and O–H groups in total. The molecular formula is C13H12ClIN2O2. The number of carbonyl (C=O) groups is 1. The maximum atomic E-state index is 12.3. The van der Waals surface area contributed by atoms with E-state index in [-0.39, 0.29) is 5.91 Å². The van der Waals surface area contributed by atoms with Crippen molar-refractivity contribution in [1.29, 1.82) is 0 Å². The molecule has 0 saturated heterocycles. The molecule has 0 fully saturated rings. The van der Waals surface area contributed by atoms with Crippen LogP contribution in [0.4, 0.5) is 0 Å². The van der Waals surface area contributed by atoms with Gasteiger partial charge in [-0.1, -0.05) is 16.8 Å². The van der Waals surface area contributed by atoms with Gasteiger partial charge in [0.25, 0.3) is 5.91 Å². The number of benzene rings is 1. The summed E-state index contributed by atoms with van der Waals surface area (Å²) < 4.78 is 5.85. The zero-order valence-corrected chi connectivity index (χ0v) is 13.4. The number of hydrogen-bond donors (Lipinski definition) is 0. The van der Waals surface area contributed by atoms with Gasteiger partial charge in [-0.3, -0.25) is 4.79 Å². The van der Waals surface area contributed by atoms with Gasteiger partial charge in [-0.05, 0) is 47.7 Å². The normalized spacial score (nSPS) is 10.5. The van der Waals surface area contributed by atoms with Crippen LogP contribution in [0.5, 0.6) is 0 Å². The van der Waals surface area contributed by atoms with Crippen LogP contribution in [0.15, 0.2) is 28.8 Å². The fraction of sp³-hybridized carbons (Fsp3) is 0.231. The van der Waals surface area contributed by atoms with Crippen LogP contribution in [0.2, 0.25) is 5.02 Å². The molecule has 0 bridgehead atoms. The summed E-state index contributed by atoms with van der Waals surface area (Å²) in [7, 11) is 1.73. The third kappa shape index (κ3) is 3.48. The average molecular weight is 391 g/mol. The van der Waals surface area contributed by atoms with Crippen molar-refractivity contribution in [3.8, 4) is 0 Å². The molecule has 0 aliphatic carbocycles. The van der Waals surface area contributed by atoms with E-state index in [1.165, 1.54) is 0 Å². The Morgan fingerprint density at radius 1 is 1.47 bits per heavy atom. The van der Waals surface area contributed by atoms with Gasteiger partial charge in [0.2, 0.25) is 0 Å². The third-order valence-electron chi connectivity index (χ3n) is 2.58. The predicted octanol–water partition coefficient (Wildman–Crippen LogP) is 3.51. The van der Waals surface area contributed by atoms with E-state index in [0.29, 0.717) is 17.1 Å². The second-order valence-corrected chi connectivity index (χ2v) is 5.81. The Morgan fingerprint density at radius 2 is 2.21 bits per heavy atom. The molecule has 1 aromatic heterocycles. The SMILES string of the molecule is Cc1cc(CN(C)C(=O)c2cc(Cl)ccc2I)no1. The smallest absolute Gasteiger partial charge is 0.255 e. The highest BCUT2D eigenvalue weighted by Gasteiger charge is 2.16. The third-order valence-corrected chi connectivity index (χ3v) is 3.76. The van der Waals surface area contributed by atoms with Crippen LogP contribution in [-0.2, 0) is 6.54 Å². The molecule has 0 saturated carbocycles. The number of aromatic nitrogens is 1. The first-order valence-corrected chi connectivity index (χ1v) is 7.06. The van der Waals surface area contributed by atoms with Crippen molar-refractivity contribution >= 4 is 40.1 Å². The van der Waals surface area contributed by atoms with Crippen LogP contribution in [0.1, 0.15) is 21.8 Å². The molecule has 0 spiro atoms. The number of aryl methyl sites for hydroxylation is 1. The van der Waals surface area contributed by atoms with Gasteiger partial charge < -0.3 is 9.42 Å². The van der Waals surface area contributed by atoms with E-state index in [4.69, 9.17) is 16.1 Å². The second-order valence-electron chi connectivity index (χ2n) is 4.21. The minimum Gasteiger partial charge on any atom is -0.361 e. The zero-order chi connectivity index (χ0) is 14.0. The molecule has 0 aliphatic heterocycles. The summed E-state index contributed by atoms with van der Waals surface area (Å²) in [5, 5.41) is 4.43. The standard InChI is InChI=1S/C13H12ClIN2O2/c1-8-5-10(16-19-8)7-17(2)13(18)11-6-9(14)3-4-12(11)15/h3-6H,7H2,1-2H3. The van der Waals surface area contributed by atoms with Gasteiger partial charge in [0, 0.05) is 21.7 Å². The van der Waals surface area contributed by atoms with Crippen LogP contribution in [0.25, 0.3) is 0 Å². The van der Waals surface area contributed by atoms with Crippen LogP contribution in [0.3, 0.4) is 0 Å². The molecule has 0 aliphatic rings. The average Bonchev–Trinajstić information content (AvgIpc) is 2.77. The molecular weight excluding hydrogens is 379 g/mol. The Kier molecular flexibility index (Phi) is 4.46. The number of halogens is 2. The van der Waals surface area contributed by atoms with E-state index in [1.54, 1.807) is 24.1 Å². The fourth-order valence-corrected chi connectivity index (χ4v) is 2.41. The molecule has 0 unspecified atom stereocenters. The van der Waals surface area contributed by atoms with Crippen molar-refractivity contribution in [3.05, 3.63) is 49.9 Å². The Bertz CT molecular complexity index is 612. The summed E-state index contributed by atoms with van der Waals surface area (Å²) in [4.78, 5) is 13.9. The summed E-state index contributed by atoms with van der Waals surface area (Å²) in [6.07, 6.45) is 0. The summed E-state index contributed by atoms with van der Waals surface area (Å²) in [6, 6.07) is 7.08. The van der Waals surface area contributed by atoms with Gasteiger partial charge in [0.1, 0.15) is 11.5 Å². The Morgan fingerprint density at radius 3 is 2.84 bits per heavy atom. The number of hydrogen-bond acceptors (Lipinski definition) is 3. The molecule has 1 aromatic carbocycles. The van der Waals surface area contributed by atoms with Crippen molar-refractivity contribution < 1.29 is 9.32 Å². The topological polar surface area (TPSA) is 46.3 Å². The Labute approximate surface area is 129 Å². The number of nitrogens with zero attached hydrogens (tertiary/aromatic N) is 2. The highest BCUT2D eigenvalue weighted by atomic mass is 127. The molecule has 100 valence electrons. The molecule has 2 rings (SSSR count). The largest absolute Gasteiger partial charge is 0.361 e. The fourth-order valence-electron chi connectivity index (χ4n) is 1.67. The van der Waals surface area contributed by atoms with E-state index < -0.39 is 0 Å². The van der Waals surface area contributed by atoms with Gasteiger partial charge in [-0.25, -0.2) is 0 Å². The highest BCUT2D eigenvalue weighted by molar-refractivity contribution is 14.1. The Balaban J connectivity index is 2.16. The van der Waals surface area contributed by atoms with E-state index >= 15 is 0 Å². The number of amides is 1. The summed E-state index contributed by atoms with van der Waals surface area (Å²) in [5.74, 6) is 0.640.